The number of hydrogen-bond acceptors (Lipinski definition) is 7. The number of phenols is 1. The van der Waals surface area contributed by atoms with Crippen molar-refractivity contribution in [1.29, 1.82) is 0 Å². The first-order valence-corrected chi connectivity index (χ1v) is 10.5. The van der Waals surface area contributed by atoms with E-state index in [0.29, 0.717) is 22.5 Å². The van der Waals surface area contributed by atoms with E-state index < -0.39 is 5.97 Å². The number of benzene rings is 2. The van der Waals surface area contributed by atoms with Gasteiger partial charge in [0.2, 0.25) is 0 Å². The summed E-state index contributed by atoms with van der Waals surface area (Å²) in [7, 11) is 0. The van der Waals surface area contributed by atoms with Crippen LogP contribution in [0.3, 0.4) is 0 Å². The number of hydrazone groups is 2. The lowest BCUT2D eigenvalue weighted by Gasteiger charge is -2.13. The Morgan fingerprint density at radius 2 is 1.79 bits per heavy atom. The molecule has 3 aromatic rings. The van der Waals surface area contributed by atoms with Crippen LogP contribution in [0.15, 0.2) is 59.0 Å². The van der Waals surface area contributed by atoms with Gasteiger partial charge in [-0.3, -0.25) is 15.2 Å². The van der Waals surface area contributed by atoms with E-state index in [1.165, 1.54) is 23.5 Å². The smallest absolute Gasteiger partial charge is 0.337 e. The number of aromatic carboxylic acids is 1. The predicted molar refractivity (Wildman–Crippen MR) is 131 cm³/mol. The van der Waals surface area contributed by atoms with E-state index in [4.69, 9.17) is 0 Å². The number of carboxylic acid groups (broad SMARTS) is 1. The predicted octanol–water partition coefficient (Wildman–Crippen LogP) is 4.27. The van der Waals surface area contributed by atoms with E-state index in [2.05, 4.69) is 20.6 Å². The first-order chi connectivity index (χ1) is 16.2. The third-order valence-electron chi connectivity index (χ3n) is 5.56. The Morgan fingerprint density at radius 3 is 2.50 bits per heavy atom. The number of aromatic hydroxyl groups is 1. The Bertz CT molecular complexity index is 1390. The summed E-state index contributed by atoms with van der Waals surface area (Å²) in [6.45, 7) is 7.47. The largest absolute Gasteiger partial charge is 0.505 e. The average molecular weight is 457 g/mol. The van der Waals surface area contributed by atoms with Gasteiger partial charge in [0.05, 0.1) is 22.6 Å². The molecule has 0 atom stereocenters. The lowest BCUT2D eigenvalue weighted by molar-refractivity contribution is -0.112. The molecule has 3 N–H and O–H groups in total. The summed E-state index contributed by atoms with van der Waals surface area (Å²) in [5.41, 5.74) is 7.99. The lowest BCUT2D eigenvalue weighted by Crippen LogP contribution is -2.28. The molecule has 1 aliphatic rings. The third kappa shape index (κ3) is 4.23. The van der Waals surface area contributed by atoms with E-state index in [-0.39, 0.29) is 28.6 Å². The fourth-order valence-corrected chi connectivity index (χ4v) is 3.56. The molecule has 0 spiro atoms. The van der Waals surface area contributed by atoms with Crippen LogP contribution >= 0.6 is 0 Å². The highest BCUT2D eigenvalue weighted by Crippen LogP contribution is 2.37. The monoisotopic (exact) mass is 457 g/mol. The minimum atomic E-state index is -1.12. The third-order valence-corrected chi connectivity index (χ3v) is 5.56. The highest BCUT2D eigenvalue weighted by Gasteiger charge is 2.31. The fraction of sp³-hybridized carbons (Fsp3) is 0.160. The molecule has 0 fully saturated rings. The van der Waals surface area contributed by atoms with E-state index in [1.807, 2.05) is 39.0 Å². The Hall–Kier alpha value is -4.53. The fourth-order valence-electron chi connectivity index (χ4n) is 3.56. The lowest BCUT2D eigenvalue weighted by atomic mass is 10.0. The second-order valence-corrected chi connectivity index (χ2v) is 8.12. The number of amides is 1. The van der Waals surface area contributed by atoms with Crippen molar-refractivity contribution in [3.8, 4) is 16.9 Å². The highest BCUT2D eigenvalue weighted by molar-refractivity contribution is 6.71. The number of phenolic OH excluding ortho intramolecular Hbond substituents is 1. The van der Waals surface area contributed by atoms with Gasteiger partial charge in [-0.2, -0.15) is 15.2 Å². The summed E-state index contributed by atoms with van der Waals surface area (Å²) < 4.78 is 0. The molecule has 1 amide bonds. The van der Waals surface area contributed by atoms with Crippen molar-refractivity contribution in [2.45, 2.75) is 27.7 Å². The molecule has 1 aliphatic heterocycles. The molecule has 0 radical (unpaired) electrons. The van der Waals surface area contributed by atoms with Gasteiger partial charge >= 0.3 is 11.9 Å². The first kappa shape index (κ1) is 22.7. The topological polar surface area (TPSA) is 127 Å². The Balaban J connectivity index is 1.65. The van der Waals surface area contributed by atoms with Gasteiger partial charge in [-0.15, -0.1) is 0 Å². The average Bonchev–Trinajstić information content (AvgIpc) is 3.09. The van der Waals surface area contributed by atoms with Crippen LogP contribution in [0.25, 0.3) is 11.1 Å². The minimum absolute atomic E-state index is 0.00276. The van der Waals surface area contributed by atoms with Crippen molar-refractivity contribution in [2.24, 2.45) is 10.2 Å². The number of aromatic nitrogens is 1. The maximum absolute atomic E-state index is 13.0. The molecule has 0 saturated carbocycles. The molecule has 4 rings (SSSR count). The van der Waals surface area contributed by atoms with Crippen molar-refractivity contribution in [1.82, 2.24) is 4.98 Å². The van der Waals surface area contributed by atoms with Crippen LogP contribution in [0, 0.1) is 20.8 Å². The van der Waals surface area contributed by atoms with Crippen LogP contribution in [0.5, 0.6) is 5.75 Å². The van der Waals surface area contributed by atoms with Crippen molar-refractivity contribution in [3.05, 3.63) is 71.0 Å². The van der Waals surface area contributed by atoms with Gasteiger partial charge in [-0.25, -0.2) is 4.79 Å². The zero-order chi connectivity index (χ0) is 24.6. The van der Waals surface area contributed by atoms with Crippen molar-refractivity contribution >= 4 is 34.7 Å². The molecule has 2 heterocycles. The molecule has 0 unspecified atom stereocenters. The van der Waals surface area contributed by atoms with Gasteiger partial charge in [0.15, 0.2) is 5.71 Å². The standard InChI is InChI=1S/C25H23N5O4/c1-13-7-20(17-10-18(25(33)34)12-26-11-17)23(31)21(8-13)27-28-22-16(4)29-30(24(22)32)19-6-5-14(2)15(3)9-19/h5-12,27,31H,1-4H3,(H,33,34). The van der Waals surface area contributed by atoms with Gasteiger partial charge in [0.25, 0.3) is 0 Å². The van der Waals surface area contributed by atoms with Crippen LogP contribution in [0.2, 0.25) is 0 Å². The Labute approximate surface area is 196 Å². The van der Waals surface area contributed by atoms with Crippen LogP contribution in [0.1, 0.15) is 34.0 Å². The number of carboxylic acids is 1. The van der Waals surface area contributed by atoms with E-state index in [0.717, 1.165) is 16.7 Å². The molecule has 2 aromatic carbocycles. The summed E-state index contributed by atoms with van der Waals surface area (Å²) >= 11 is 0. The number of nitrogens with zero attached hydrogens (tertiary/aromatic N) is 4. The molecule has 0 aliphatic carbocycles. The first-order valence-electron chi connectivity index (χ1n) is 10.5. The van der Waals surface area contributed by atoms with E-state index >= 15 is 0 Å². The Morgan fingerprint density at radius 1 is 1.03 bits per heavy atom. The summed E-state index contributed by atoms with van der Waals surface area (Å²) in [6.07, 6.45) is 2.70. The summed E-state index contributed by atoms with van der Waals surface area (Å²) in [5.74, 6) is -1.65. The van der Waals surface area contributed by atoms with E-state index in [9.17, 15) is 19.8 Å². The van der Waals surface area contributed by atoms with Crippen molar-refractivity contribution < 1.29 is 19.8 Å². The zero-order valence-corrected chi connectivity index (χ0v) is 19.1. The maximum Gasteiger partial charge on any atom is 0.337 e. The van der Waals surface area contributed by atoms with Crippen molar-refractivity contribution in [2.75, 3.05) is 10.4 Å². The molecular formula is C25H23N5O4. The molecule has 9 nitrogen and oxygen atoms in total. The van der Waals surface area contributed by atoms with Crippen LogP contribution in [-0.4, -0.2) is 38.5 Å². The van der Waals surface area contributed by atoms with Gasteiger partial charge in [-0.1, -0.05) is 6.07 Å². The second-order valence-electron chi connectivity index (χ2n) is 8.12. The second kappa shape index (κ2) is 8.78. The summed E-state index contributed by atoms with van der Waals surface area (Å²) in [6, 6.07) is 10.5. The number of carbonyl (C=O) groups is 2. The normalized spacial score (nSPS) is 14.5. The molecule has 172 valence electrons. The highest BCUT2D eigenvalue weighted by atomic mass is 16.4. The number of pyridine rings is 1. The minimum Gasteiger partial charge on any atom is -0.505 e. The van der Waals surface area contributed by atoms with Crippen LogP contribution in [-0.2, 0) is 4.79 Å². The number of aryl methyl sites for hydroxylation is 3. The zero-order valence-electron chi connectivity index (χ0n) is 19.1. The van der Waals surface area contributed by atoms with Gasteiger partial charge in [-0.05, 0) is 74.7 Å². The van der Waals surface area contributed by atoms with Gasteiger partial charge in [0.1, 0.15) is 5.75 Å². The SMILES string of the molecule is CC1=NN(c2ccc(C)c(C)c2)C(=O)C1=NNc1cc(C)cc(-c2cncc(C(=O)O)c2)c1O. The Kier molecular flexibility index (Phi) is 5.85. The van der Waals surface area contributed by atoms with Gasteiger partial charge in [0, 0.05) is 23.5 Å². The molecule has 9 heteroatoms. The summed E-state index contributed by atoms with van der Waals surface area (Å²) in [5, 5.41) is 30.0. The molecule has 0 saturated heterocycles. The number of nitrogens with one attached hydrogen (secondary N) is 1. The molecule has 1 aromatic heterocycles. The van der Waals surface area contributed by atoms with Crippen molar-refractivity contribution in [3.63, 3.8) is 0 Å². The number of hydrogen-bond donors (Lipinski definition) is 3. The van der Waals surface area contributed by atoms with Crippen LogP contribution in [0.4, 0.5) is 11.4 Å². The van der Waals surface area contributed by atoms with E-state index in [1.54, 1.807) is 19.1 Å². The number of anilines is 2. The maximum atomic E-state index is 13.0. The number of carbonyl (C=O) groups excluding carboxylic acids is 1. The number of rotatable bonds is 5. The van der Waals surface area contributed by atoms with Gasteiger partial charge < -0.3 is 10.2 Å². The molecule has 34 heavy (non-hydrogen) atoms. The molecular weight excluding hydrogens is 434 g/mol. The quantitative estimate of drug-likeness (QED) is 0.388. The molecule has 0 bridgehead atoms. The van der Waals surface area contributed by atoms with Crippen LogP contribution < -0.4 is 10.4 Å². The summed E-state index contributed by atoms with van der Waals surface area (Å²) in [4.78, 5) is 28.2.